The van der Waals surface area contributed by atoms with Crippen molar-refractivity contribution in [2.45, 2.75) is 20.8 Å². The lowest BCUT2D eigenvalue weighted by Gasteiger charge is -2.20. The summed E-state index contributed by atoms with van der Waals surface area (Å²) in [5, 5.41) is 11.4. The molecule has 0 aliphatic carbocycles. The average Bonchev–Trinajstić information content (AvgIpc) is 3.06. The van der Waals surface area contributed by atoms with Gasteiger partial charge in [-0.15, -0.1) is 0 Å². The first kappa shape index (κ1) is 20.7. The minimum Gasteiger partial charge on any atom is -0.507 e. The molecular formula is C22H23ClN2OS. The van der Waals surface area contributed by atoms with Gasteiger partial charge in [0.1, 0.15) is 5.76 Å². The van der Waals surface area contributed by atoms with Gasteiger partial charge in [0.05, 0.1) is 16.3 Å². The van der Waals surface area contributed by atoms with Crippen LogP contribution in [0.1, 0.15) is 28.6 Å². The van der Waals surface area contributed by atoms with Crippen molar-refractivity contribution in [3.05, 3.63) is 89.1 Å². The van der Waals surface area contributed by atoms with E-state index in [0.29, 0.717) is 20.7 Å². The SMILES string of the molecule is C=C/C(=C\C=C/C)c1nc(N(C=C)c2cc(Cl)c(C)cc2C)sc1C(=C)O. The second-order valence-corrected chi connectivity index (χ2v) is 7.30. The van der Waals surface area contributed by atoms with Crippen molar-refractivity contribution in [2.24, 2.45) is 0 Å². The summed E-state index contributed by atoms with van der Waals surface area (Å²) in [5.74, 6) is -0.0374. The molecule has 1 aromatic carbocycles. The van der Waals surface area contributed by atoms with Gasteiger partial charge in [0.25, 0.3) is 0 Å². The molecule has 5 heteroatoms. The fourth-order valence-electron chi connectivity index (χ4n) is 2.60. The van der Waals surface area contributed by atoms with Crippen molar-refractivity contribution in [2.75, 3.05) is 4.90 Å². The van der Waals surface area contributed by atoms with Gasteiger partial charge in [-0.2, -0.15) is 0 Å². The standard InChI is InChI=1S/C22H23ClN2OS/c1-7-10-11-17(8-2)20-21(16(6)26)27-22(24-20)25(9-3)19-13-18(23)14(4)12-15(19)5/h7-13,26H,2-3,6H2,1,4-5H3/b10-7-,17-11+. The van der Waals surface area contributed by atoms with Crippen LogP contribution in [0.2, 0.25) is 5.02 Å². The number of nitrogens with zero attached hydrogens (tertiary/aromatic N) is 2. The van der Waals surface area contributed by atoms with E-state index in [9.17, 15) is 5.11 Å². The maximum atomic E-state index is 10.1. The number of anilines is 2. The van der Waals surface area contributed by atoms with E-state index < -0.39 is 0 Å². The van der Waals surface area contributed by atoms with E-state index in [1.165, 1.54) is 11.3 Å². The topological polar surface area (TPSA) is 36.4 Å². The molecule has 27 heavy (non-hydrogen) atoms. The molecule has 1 aromatic heterocycles. The third-order valence-corrected chi connectivity index (χ3v) is 5.48. The molecule has 0 fully saturated rings. The number of halogens is 1. The van der Waals surface area contributed by atoms with E-state index >= 15 is 0 Å². The fourth-order valence-corrected chi connectivity index (χ4v) is 3.73. The molecule has 2 rings (SSSR count). The highest BCUT2D eigenvalue weighted by Crippen LogP contribution is 2.39. The zero-order valence-corrected chi connectivity index (χ0v) is 17.4. The highest BCUT2D eigenvalue weighted by Gasteiger charge is 2.20. The molecule has 1 heterocycles. The quantitative estimate of drug-likeness (QED) is 0.390. The van der Waals surface area contributed by atoms with Crippen molar-refractivity contribution < 1.29 is 5.11 Å². The van der Waals surface area contributed by atoms with Crippen molar-refractivity contribution in [3.8, 4) is 0 Å². The molecule has 2 aromatic rings. The second kappa shape index (κ2) is 8.89. The Labute approximate surface area is 170 Å². The molecule has 0 radical (unpaired) electrons. The van der Waals surface area contributed by atoms with E-state index in [1.54, 1.807) is 12.3 Å². The van der Waals surface area contributed by atoms with Crippen molar-refractivity contribution in [1.82, 2.24) is 4.98 Å². The van der Waals surface area contributed by atoms with Gasteiger partial charge in [0, 0.05) is 16.8 Å². The lowest BCUT2D eigenvalue weighted by Crippen LogP contribution is -2.09. The number of aryl methyl sites for hydroxylation is 2. The second-order valence-electron chi connectivity index (χ2n) is 5.91. The van der Waals surface area contributed by atoms with Crippen molar-refractivity contribution >= 4 is 45.1 Å². The Hall–Kier alpha value is -2.56. The van der Waals surface area contributed by atoms with Gasteiger partial charge in [0.15, 0.2) is 5.13 Å². The van der Waals surface area contributed by atoms with Crippen LogP contribution in [-0.4, -0.2) is 10.1 Å². The number of hydrogen-bond donors (Lipinski definition) is 1. The van der Waals surface area contributed by atoms with Gasteiger partial charge < -0.3 is 5.11 Å². The zero-order chi connectivity index (χ0) is 20.1. The van der Waals surface area contributed by atoms with Gasteiger partial charge in [-0.05, 0) is 38.0 Å². The number of aliphatic hydroxyl groups is 1. The van der Waals surface area contributed by atoms with E-state index in [0.717, 1.165) is 22.4 Å². The molecule has 0 aliphatic rings. The van der Waals surface area contributed by atoms with Crippen LogP contribution in [0.3, 0.4) is 0 Å². The average molecular weight is 399 g/mol. The molecule has 0 bridgehead atoms. The number of allylic oxidation sites excluding steroid dienone is 5. The molecule has 0 aliphatic heterocycles. The van der Waals surface area contributed by atoms with Gasteiger partial charge in [0.2, 0.25) is 0 Å². The Morgan fingerprint density at radius 1 is 1.26 bits per heavy atom. The highest BCUT2D eigenvalue weighted by molar-refractivity contribution is 7.17. The van der Waals surface area contributed by atoms with Gasteiger partial charge in [-0.3, -0.25) is 4.90 Å². The largest absolute Gasteiger partial charge is 0.507 e. The number of benzene rings is 1. The molecule has 0 atom stereocenters. The first-order chi connectivity index (χ1) is 12.8. The normalized spacial score (nSPS) is 11.6. The van der Waals surface area contributed by atoms with Crippen LogP contribution in [0.4, 0.5) is 10.8 Å². The first-order valence-corrected chi connectivity index (χ1v) is 9.56. The molecule has 140 valence electrons. The predicted octanol–water partition coefficient (Wildman–Crippen LogP) is 7.37. The molecule has 0 amide bonds. The Balaban J connectivity index is 2.66. The van der Waals surface area contributed by atoms with E-state index in [1.807, 2.05) is 56.0 Å². The summed E-state index contributed by atoms with van der Waals surface area (Å²) in [5.41, 5.74) is 4.36. The summed E-state index contributed by atoms with van der Waals surface area (Å²) in [4.78, 5) is 7.18. The third kappa shape index (κ3) is 4.41. The molecule has 0 saturated carbocycles. The van der Waals surface area contributed by atoms with Crippen LogP contribution in [0.15, 0.2) is 62.4 Å². The van der Waals surface area contributed by atoms with Crippen LogP contribution in [0.25, 0.3) is 11.3 Å². The van der Waals surface area contributed by atoms with Gasteiger partial charge in [-0.1, -0.05) is 73.0 Å². The maximum absolute atomic E-state index is 10.1. The monoisotopic (exact) mass is 398 g/mol. The number of thiazole rings is 1. The lowest BCUT2D eigenvalue weighted by atomic mass is 10.1. The van der Waals surface area contributed by atoms with Crippen LogP contribution >= 0.6 is 22.9 Å². The first-order valence-electron chi connectivity index (χ1n) is 8.37. The molecule has 3 nitrogen and oxygen atoms in total. The Kier molecular flexibility index (Phi) is 6.83. The number of aromatic nitrogens is 1. The van der Waals surface area contributed by atoms with Crippen LogP contribution < -0.4 is 4.90 Å². The van der Waals surface area contributed by atoms with E-state index in [-0.39, 0.29) is 5.76 Å². The summed E-state index contributed by atoms with van der Waals surface area (Å²) in [6.07, 6.45) is 9.10. The Morgan fingerprint density at radius 3 is 2.52 bits per heavy atom. The Morgan fingerprint density at radius 2 is 1.96 bits per heavy atom. The van der Waals surface area contributed by atoms with Crippen molar-refractivity contribution in [1.29, 1.82) is 0 Å². The number of rotatable bonds is 7. The van der Waals surface area contributed by atoms with Crippen LogP contribution in [0.5, 0.6) is 0 Å². The molecule has 0 unspecified atom stereocenters. The van der Waals surface area contributed by atoms with Crippen LogP contribution in [-0.2, 0) is 0 Å². The lowest BCUT2D eigenvalue weighted by molar-refractivity contribution is 0.515. The zero-order valence-electron chi connectivity index (χ0n) is 15.8. The van der Waals surface area contributed by atoms with E-state index in [2.05, 4.69) is 19.7 Å². The van der Waals surface area contributed by atoms with Crippen molar-refractivity contribution in [3.63, 3.8) is 0 Å². The summed E-state index contributed by atoms with van der Waals surface area (Å²) in [7, 11) is 0. The highest BCUT2D eigenvalue weighted by atomic mass is 35.5. The number of hydrogen-bond acceptors (Lipinski definition) is 4. The molecule has 0 saturated heterocycles. The van der Waals surface area contributed by atoms with E-state index in [4.69, 9.17) is 16.6 Å². The third-order valence-electron chi connectivity index (χ3n) is 3.96. The summed E-state index contributed by atoms with van der Waals surface area (Å²) in [6, 6.07) is 3.92. The fraction of sp³-hybridized carbons (Fsp3) is 0.136. The Bertz CT molecular complexity index is 953. The summed E-state index contributed by atoms with van der Waals surface area (Å²) >= 11 is 7.66. The summed E-state index contributed by atoms with van der Waals surface area (Å²) in [6.45, 7) is 17.4. The van der Waals surface area contributed by atoms with Crippen LogP contribution in [0, 0.1) is 13.8 Å². The molecule has 0 spiro atoms. The maximum Gasteiger partial charge on any atom is 0.195 e. The number of aliphatic hydroxyl groups excluding tert-OH is 1. The smallest absolute Gasteiger partial charge is 0.195 e. The van der Waals surface area contributed by atoms with Gasteiger partial charge >= 0.3 is 0 Å². The van der Waals surface area contributed by atoms with Gasteiger partial charge in [-0.25, -0.2) is 4.98 Å². The minimum absolute atomic E-state index is 0.0374. The predicted molar refractivity (Wildman–Crippen MR) is 120 cm³/mol. The molecule has 1 N–H and O–H groups in total. The molecular weight excluding hydrogens is 376 g/mol. The minimum atomic E-state index is -0.0374. The summed E-state index contributed by atoms with van der Waals surface area (Å²) < 4.78 is 0.